The predicted molar refractivity (Wildman–Crippen MR) is 85.6 cm³/mol. The zero-order valence-corrected chi connectivity index (χ0v) is 12.0. The Hall–Kier alpha value is -2.11. The second kappa shape index (κ2) is 5.90. The molecule has 2 rings (SSSR count). The summed E-state index contributed by atoms with van der Waals surface area (Å²) in [4.78, 5) is 11.4. The van der Waals surface area contributed by atoms with E-state index >= 15 is 0 Å². The van der Waals surface area contributed by atoms with Gasteiger partial charge in [-0.1, -0.05) is 29.9 Å². The fourth-order valence-electron chi connectivity index (χ4n) is 1.71. The van der Waals surface area contributed by atoms with Crippen LogP contribution >= 0.6 is 23.8 Å². The molecule has 0 unspecified atom stereocenters. The van der Waals surface area contributed by atoms with E-state index in [1.54, 1.807) is 36.4 Å². The van der Waals surface area contributed by atoms with Crippen LogP contribution in [0.4, 0.5) is 11.4 Å². The minimum atomic E-state index is -0.476. The fraction of sp³-hybridized carbons (Fsp3) is 0. The van der Waals surface area contributed by atoms with Crippen LogP contribution in [0.3, 0.4) is 0 Å². The molecule has 0 aliphatic rings. The van der Waals surface area contributed by atoms with Crippen LogP contribution in [0.15, 0.2) is 42.5 Å². The Morgan fingerprint density at radius 1 is 1.10 bits per heavy atom. The highest BCUT2D eigenvalue weighted by Gasteiger charge is 2.05. The molecular formula is C14H12ClN3OS. The van der Waals surface area contributed by atoms with Crippen molar-refractivity contribution in [1.82, 2.24) is 0 Å². The first-order chi connectivity index (χ1) is 9.47. The topological polar surface area (TPSA) is 81.1 Å². The van der Waals surface area contributed by atoms with Crippen molar-refractivity contribution in [1.29, 1.82) is 0 Å². The van der Waals surface area contributed by atoms with Crippen LogP contribution in [-0.4, -0.2) is 10.9 Å². The monoisotopic (exact) mass is 305 g/mol. The van der Waals surface area contributed by atoms with Gasteiger partial charge in [0.25, 0.3) is 0 Å². The van der Waals surface area contributed by atoms with Crippen LogP contribution in [0, 0.1) is 0 Å². The molecule has 0 bridgehead atoms. The summed E-state index contributed by atoms with van der Waals surface area (Å²) in [7, 11) is 0. The predicted octanol–water partition coefficient (Wildman–Crippen LogP) is 2.82. The number of halogens is 1. The standard InChI is InChI=1S/C14H12ClN3OS/c15-12-7-10(4-5-11(12)14(17)20)18-9-3-1-2-8(6-9)13(16)19/h1-7,18H,(H2,16,19)(H2,17,20). The molecule has 0 saturated heterocycles. The molecule has 0 radical (unpaired) electrons. The first-order valence-electron chi connectivity index (χ1n) is 5.73. The van der Waals surface area contributed by atoms with Gasteiger partial charge in [0, 0.05) is 22.5 Å². The maximum Gasteiger partial charge on any atom is 0.248 e. The van der Waals surface area contributed by atoms with Gasteiger partial charge in [-0.15, -0.1) is 0 Å². The van der Waals surface area contributed by atoms with Crippen LogP contribution in [0.2, 0.25) is 5.02 Å². The normalized spacial score (nSPS) is 10.1. The van der Waals surface area contributed by atoms with Gasteiger partial charge in [-0.2, -0.15) is 0 Å². The van der Waals surface area contributed by atoms with E-state index in [-0.39, 0.29) is 4.99 Å². The van der Waals surface area contributed by atoms with Crippen LogP contribution in [0.25, 0.3) is 0 Å². The molecule has 4 nitrogen and oxygen atoms in total. The highest BCUT2D eigenvalue weighted by molar-refractivity contribution is 7.80. The summed E-state index contributed by atoms with van der Waals surface area (Å²) >= 11 is 11.0. The van der Waals surface area contributed by atoms with Gasteiger partial charge < -0.3 is 16.8 Å². The summed E-state index contributed by atoms with van der Waals surface area (Å²) in [6, 6.07) is 12.1. The molecule has 0 fully saturated rings. The molecule has 2 aromatic rings. The molecule has 102 valence electrons. The van der Waals surface area contributed by atoms with Crippen LogP contribution in [0.1, 0.15) is 15.9 Å². The number of amides is 1. The lowest BCUT2D eigenvalue weighted by Crippen LogP contribution is -2.11. The van der Waals surface area contributed by atoms with E-state index in [0.717, 1.165) is 11.4 Å². The van der Waals surface area contributed by atoms with Gasteiger partial charge in [-0.25, -0.2) is 0 Å². The number of nitrogens with one attached hydrogen (secondary N) is 1. The highest BCUT2D eigenvalue weighted by Crippen LogP contribution is 2.24. The average Bonchev–Trinajstić information content (AvgIpc) is 2.38. The summed E-state index contributed by atoms with van der Waals surface area (Å²) in [5.41, 5.74) is 13.3. The van der Waals surface area contributed by atoms with E-state index < -0.39 is 5.91 Å². The van der Waals surface area contributed by atoms with Crippen molar-refractivity contribution in [3.05, 3.63) is 58.6 Å². The summed E-state index contributed by atoms with van der Waals surface area (Å²) in [6.07, 6.45) is 0. The van der Waals surface area contributed by atoms with Crippen molar-refractivity contribution in [3.63, 3.8) is 0 Å². The molecule has 20 heavy (non-hydrogen) atoms. The van der Waals surface area contributed by atoms with Crippen molar-refractivity contribution < 1.29 is 4.79 Å². The number of hydrogen-bond donors (Lipinski definition) is 3. The molecule has 0 saturated carbocycles. The lowest BCUT2D eigenvalue weighted by molar-refractivity contribution is 0.100. The number of carbonyl (C=O) groups is 1. The lowest BCUT2D eigenvalue weighted by Gasteiger charge is -2.09. The molecule has 0 aromatic heterocycles. The fourth-order valence-corrected chi connectivity index (χ4v) is 2.23. The average molecular weight is 306 g/mol. The maximum absolute atomic E-state index is 11.1. The van der Waals surface area contributed by atoms with Crippen molar-refractivity contribution >= 4 is 46.1 Å². The number of primary amides is 1. The maximum atomic E-state index is 11.1. The quantitative estimate of drug-likeness (QED) is 0.759. The molecule has 0 spiro atoms. The van der Waals surface area contributed by atoms with Gasteiger partial charge >= 0.3 is 0 Å². The SMILES string of the molecule is NC(=O)c1cccc(Nc2ccc(C(N)=S)c(Cl)c2)c1. The van der Waals surface area contributed by atoms with Crippen LogP contribution in [-0.2, 0) is 0 Å². The van der Waals surface area contributed by atoms with Crippen molar-refractivity contribution in [3.8, 4) is 0 Å². The highest BCUT2D eigenvalue weighted by atomic mass is 35.5. The molecule has 1 amide bonds. The summed E-state index contributed by atoms with van der Waals surface area (Å²) in [6.45, 7) is 0. The first kappa shape index (κ1) is 14.3. The number of anilines is 2. The van der Waals surface area contributed by atoms with Gasteiger partial charge in [0.2, 0.25) is 5.91 Å². The minimum Gasteiger partial charge on any atom is -0.389 e. The van der Waals surface area contributed by atoms with E-state index in [0.29, 0.717) is 16.1 Å². The Morgan fingerprint density at radius 2 is 1.80 bits per heavy atom. The van der Waals surface area contributed by atoms with Gasteiger partial charge in [-0.3, -0.25) is 4.79 Å². The van der Waals surface area contributed by atoms with Gasteiger partial charge in [-0.05, 0) is 36.4 Å². The first-order valence-corrected chi connectivity index (χ1v) is 6.52. The molecule has 0 heterocycles. The van der Waals surface area contributed by atoms with Crippen LogP contribution < -0.4 is 16.8 Å². The van der Waals surface area contributed by atoms with E-state index in [9.17, 15) is 4.79 Å². The summed E-state index contributed by atoms with van der Waals surface area (Å²) in [5, 5.41) is 3.60. The molecule has 2 aromatic carbocycles. The Labute approximate surface area is 126 Å². The number of thiocarbonyl (C=S) groups is 1. The number of benzene rings is 2. The molecule has 5 N–H and O–H groups in total. The Bertz CT molecular complexity index is 688. The number of nitrogens with two attached hydrogens (primary N) is 2. The smallest absolute Gasteiger partial charge is 0.248 e. The Kier molecular flexibility index (Phi) is 4.22. The van der Waals surface area contributed by atoms with Gasteiger partial charge in [0.1, 0.15) is 4.99 Å². The van der Waals surface area contributed by atoms with Gasteiger partial charge in [0.05, 0.1) is 5.02 Å². The number of carbonyl (C=O) groups excluding carboxylic acids is 1. The lowest BCUT2D eigenvalue weighted by atomic mass is 10.1. The van der Waals surface area contributed by atoms with Crippen LogP contribution in [0.5, 0.6) is 0 Å². The van der Waals surface area contributed by atoms with E-state index in [1.807, 2.05) is 6.07 Å². The van der Waals surface area contributed by atoms with Crippen molar-refractivity contribution in [2.45, 2.75) is 0 Å². The van der Waals surface area contributed by atoms with Gasteiger partial charge in [0.15, 0.2) is 0 Å². The third-order valence-corrected chi connectivity index (χ3v) is 3.20. The summed E-state index contributed by atoms with van der Waals surface area (Å²) in [5.74, 6) is -0.476. The zero-order chi connectivity index (χ0) is 14.7. The van der Waals surface area contributed by atoms with E-state index in [1.165, 1.54) is 0 Å². The second-order valence-electron chi connectivity index (χ2n) is 4.13. The van der Waals surface area contributed by atoms with E-state index in [2.05, 4.69) is 5.32 Å². The largest absolute Gasteiger partial charge is 0.389 e. The minimum absolute atomic E-state index is 0.247. The molecule has 0 aliphatic heterocycles. The second-order valence-corrected chi connectivity index (χ2v) is 4.98. The molecule has 0 atom stereocenters. The Morgan fingerprint density at radius 3 is 2.40 bits per heavy atom. The molecular weight excluding hydrogens is 294 g/mol. The summed E-state index contributed by atoms with van der Waals surface area (Å²) < 4.78 is 0. The molecule has 0 aliphatic carbocycles. The van der Waals surface area contributed by atoms with E-state index in [4.69, 9.17) is 35.3 Å². The molecule has 6 heteroatoms. The van der Waals surface area contributed by atoms with Crippen molar-refractivity contribution in [2.75, 3.05) is 5.32 Å². The zero-order valence-electron chi connectivity index (χ0n) is 10.4. The van der Waals surface area contributed by atoms with Crippen molar-refractivity contribution in [2.24, 2.45) is 11.5 Å². The Balaban J connectivity index is 2.26. The number of hydrogen-bond acceptors (Lipinski definition) is 3. The third kappa shape index (κ3) is 3.26. The number of rotatable bonds is 4. The third-order valence-electron chi connectivity index (χ3n) is 2.67.